The molecule has 0 saturated heterocycles. The number of hydrogen-bond acceptors (Lipinski definition) is 4. The number of para-hydroxylation sites is 1. The summed E-state index contributed by atoms with van der Waals surface area (Å²) in [6.07, 6.45) is 7.30. The van der Waals surface area contributed by atoms with E-state index in [1.165, 1.54) is 6.42 Å². The fourth-order valence-electron chi connectivity index (χ4n) is 3.56. The lowest BCUT2D eigenvalue weighted by molar-refractivity contribution is 0.0923. The number of imidazole rings is 1. The molecule has 0 atom stereocenters. The Hall–Kier alpha value is -2.31. The highest BCUT2D eigenvalue weighted by Gasteiger charge is 2.19. The van der Waals surface area contributed by atoms with Crippen LogP contribution in [0.1, 0.15) is 42.6 Å². The maximum Gasteiger partial charge on any atom is 0.270 e. The van der Waals surface area contributed by atoms with Crippen molar-refractivity contribution >= 4 is 51.8 Å². The number of carbonyl (C=O) groups excluding carboxylic acids is 1. The van der Waals surface area contributed by atoms with Crippen LogP contribution in [-0.2, 0) is 7.05 Å². The number of carbonyl (C=O) groups is 1. The van der Waals surface area contributed by atoms with Crippen molar-refractivity contribution in [3.8, 4) is 0 Å². The average Bonchev–Trinajstić information content (AvgIpc) is 3.00. The molecule has 1 fully saturated rings. The van der Waals surface area contributed by atoms with E-state index in [1.54, 1.807) is 30.5 Å². The van der Waals surface area contributed by atoms with Crippen LogP contribution in [0.2, 0.25) is 10.0 Å². The Morgan fingerprint density at radius 1 is 1.18 bits per heavy atom. The molecule has 1 amide bonds. The maximum absolute atomic E-state index is 12.6. The fraction of sp³-hybridized carbons (Fsp3) is 0.350. The van der Waals surface area contributed by atoms with E-state index >= 15 is 0 Å². The van der Waals surface area contributed by atoms with Crippen molar-refractivity contribution in [2.75, 3.05) is 5.32 Å². The largest absolute Gasteiger partial charge is 0.348 e. The van der Waals surface area contributed by atoms with Gasteiger partial charge in [0.05, 0.1) is 33.0 Å². The second-order valence-electron chi connectivity index (χ2n) is 7.08. The zero-order valence-corrected chi connectivity index (χ0v) is 17.0. The number of amides is 1. The molecular weight excluding hydrogens is 397 g/mol. The van der Waals surface area contributed by atoms with Crippen LogP contribution >= 0.6 is 23.2 Å². The smallest absolute Gasteiger partial charge is 0.270 e. The van der Waals surface area contributed by atoms with Gasteiger partial charge < -0.3 is 15.2 Å². The molecule has 0 spiro atoms. The van der Waals surface area contributed by atoms with Gasteiger partial charge in [0.25, 0.3) is 5.91 Å². The number of rotatable bonds is 4. The van der Waals surface area contributed by atoms with E-state index in [1.807, 2.05) is 11.6 Å². The molecule has 28 heavy (non-hydrogen) atoms. The Labute approximate surface area is 173 Å². The molecule has 0 unspecified atom stereocenters. The van der Waals surface area contributed by atoms with Gasteiger partial charge in [-0.05, 0) is 31.0 Å². The molecule has 0 aliphatic heterocycles. The quantitative estimate of drug-likeness (QED) is 0.620. The molecule has 3 aromatic rings. The third-order valence-electron chi connectivity index (χ3n) is 5.14. The number of aromatic nitrogens is 3. The first-order chi connectivity index (χ1) is 13.5. The first-order valence-corrected chi connectivity index (χ1v) is 10.1. The van der Waals surface area contributed by atoms with Crippen molar-refractivity contribution in [2.45, 2.75) is 38.1 Å². The highest BCUT2D eigenvalue weighted by atomic mass is 35.5. The molecule has 2 heterocycles. The number of nitrogens with one attached hydrogen (secondary N) is 2. The number of fused-ring (bicyclic) bond motifs is 1. The van der Waals surface area contributed by atoms with Gasteiger partial charge >= 0.3 is 0 Å². The van der Waals surface area contributed by atoms with Gasteiger partial charge in [0.2, 0.25) is 5.95 Å². The molecule has 2 aromatic heterocycles. The Balaban J connectivity index is 1.59. The van der Waals surface area contributed by atoms with Crippen molar-refractivity contribution in [1.29, 1.82) is 0 Å². The standard InChI is InChI=1S/C20H21Cl2N5O/c1-27-17-11-23-16(19(28)24-12-6-3-2-4-7-12)10-15(17)25-20(27)26-18-13(21)8-5-9-14(18)22/h5,8-12H,2-4,6-7H2,1H3,(H,24,28)(H,25,26). The van der Waals surface area contributed by atoms with Gasteiger partial charge in [0.15, 0.2) is 0 Å². The second-order valence-corrected chi connectivity index (χ2v) is 7.90. The summed E-state index contributed by atoms with van der Waals surface area (Å²) in [7, 11) is 1.87. The first-order valence-electron chi connectivity index (χ1n) is 9.37. The van der Waals surface area contributed by atoms with E-state index in [4.69, 9.17) is 23.2 Å². The number of hydrogen-bond donors (Lipinski definition) is 2. The van der Waals surface area contributed by atoms with Crippen LogP contribution in [0.15, 0.2) is 30.5 Å². The lowest BCUT2D eigenvalue weighted by Gasteiger charge is -2.22. The minimum absolute atomic E-state index is 0.150. The van der Waals surface area contributed by atoms with Crippen LogP contribution in [0.4, 0.5) is 11.6 Å². The molecule has 146 valence electrons. The van der Waals surface area contributed by atoms with Crippen LogP contribution in [0, 0.1) is 0 Å². The summed E-state index contributed by atoms with van der Waals surface area (Å²) >= 11 is 12.5. The zero-order valence-electron chi connectivity index (χ0n) is 15.5. The monoisotopic (exact) mass is 417 g/mol. The predicted molar refractivity (Wildman–Crippen MR) is 113 cm³/mol. The molecule has 1 aliphatic carbocycles. The molecule has 1 aliphatic rings. The summed E-state index contributed by atoms with van der Waals surface area (Å²) < 4.78 is 1.85. The van der Waals surface area contributed by atoms with Crippen molar-refractivity contribution in [1.82, 2.24) is 19.9 Å². The van der Waals surface area contributed by atoms with Crippen LogP contribution in [0.25, 0.3) is 11.0 Å². The van der Waals surface area contributed by atoms with Crippen molar-refractivity contribution < 1.29 is 4.79 Å². The molecule has 0 bridgehead atoms. The number of pyridine rings is 1. The summed E-state index contributed by atoms with van der Waals surface area (Å²) in [5.74, 6) is 0.416. The third kappa shape index (κ3) is 3.80. The van der Waals surface area contributed by atoms with E-state index in [9.17, 15) is 4.79 Å². The highest BCUT2D eigenvalue weighted by Crippen LogP contribution is 2.33. The van der Waals surface area contributed by atoms with E-state index < -0.39 is 0 Å². The van der Waals surface area contributed by atoms with Gasteiger partial charge in [-0.2, -0.15) is 0 Å². The predicted octanol–water partition coefficient (Wildman–Crippen LogP) is 5.08. The SMILES string of the molecule is Cn1c(Nc2c(Cl)cccc2Cl)nc2cc(C(=O)NC3CCCCC3)ncc21. The summed E-state index contributed by atoms with van der Waals surface area (Å²) in [4.78, 5) is 21.5. The number of halogens is 2. The van der Waals surface area contributed by atoms with Crippen LogP contribution in [0.5, 0.6) is 0 Å². The van der Waals surface area contributed by atoms with Crippen molar-refractivity contribution in [3.63, 3.8) is 0 Å². The minimum Gasteiger partial charge on any atom is -0.348 e. The molecule has 8 heteroatoms. The van der Waals surface area contributed by atoms with E-state index in [-0.39, 0.29) is 11.9 Å². The van der Waals surface area contributed by atoms with E-state index in [0.29, 0.717) is 32.9 Å². The molecule has 1 aromatic carbocycles. The van der Waals surface area contributed by atoms with Crippen molar-refractivity contribution in [2.24, 2.45) is 7.05 Å². The molecule has 1 saturated carbocycles. The fourth-order valence-corrected chi connectivity index (χ4v) is 4.05. The Morgan fingerprint density at radius 2 is 1.89 bits per heavy atom. The number of nitrogens with zero attached hydrogens (tertiary/aromatic N) is 3. The molecule has 4 rings (SSSR count). The van der Waals surface area contributed by atoms with Gasteiger partial charge in [0, 0.05) is 13.1 Å². The lowest BCUT2D eigenvalue weighted by atomic mass is 9.95. The minimum atomic E-state index is -0.150. The first kappa shape index (κ1) is 19.0. The number of benzene rings is 1. The highest BCUT2D eigenvalue weighted by molar-refractivity contribution is 6.39. The van der Waals surface area contributed by atoms with Crippen LogP contribution in [0.3, 0.4) is 0 Å². The molecule has 0 radical (unpaired) electrons. The topological polar surface area (TPSA) is 71.8 Å². The van der Waals surface area contributed by atoms with Crippen LogP contribution in [-0.4, -0.2) is 26.5 Å². The summed E-state index contributed by atoms with van der Waals surface area (Å²) in [5, 5.41) is 7.27. The second kappa shape index (κ2) is 7.97. The van der Waals surface area contributed by atoms with Crippen molar-refractivity contribution in [3.05, 3.63) is 46.2 Å². The molecule has 6 nitrogen and oxygen atoms in total. The Kier molecular flexibility index (Phi) is 5.42. The Morgan fingerprint density at radius 3 is 2.61 bits per heavy atom. The Bertz CT molecular complexity index is 1010. The van der Waals surface area contributed by atoms with Gasteiger partial charge in [-0.1, -0.05) is 48.5 Å². The summed E-state index contributed by atoms with van der Waals surface area (Å²) in [5.41, 5.74) is 2.45. The summed E-state index contributed by atoms with van der Waals surface area (Å²) in [6, 6.07) is 7.25. The van der Waals surface area contributed by atoms with E-state index in [0.717, 1.165) is 31.2 Å². The third-order valence-corrected chi connectivity index (χ3v) is 5.77. The number of aryl methyl sites for hydroxylation is 1. The zero-order chi connectivity index (χ0) is 19.7. The lowest BCUT2D eigenvalue weighted by Crippen LogP contribution is -2.36. The molecular formula is C20H21Cl2N5O. The maximum atomic E-state index is 12.6. The van der Waals surface area contributed by atoms with Gasteiger partial charge in [-0.25, -0.2) is 9.97 Å². The van der Waals surface area contributed by atoms with Crippen LogP contribution < -0.4 is 10.6 Å². The number of anilines is 2. The van der Waals surface area contributed by atoms with E-state index in [2.05, 4.69) is 20.6 Å². The van der Waals surface area contributed by atoms with Gasteiger partial charge in [0.1, 0.15) is 5.69 Å². The molecule has 2 N–H and O–H groups in total. The normalized spacial score (nSPS) is 15.0. The van der Waals surface area contributed by atoms with Gasteiger partial charge in [-0.3, -0.25) is 4.79 Å². The average molecular weight is 418 g/mol. The summed E-state index contributed by atoms with van der Waals surface area (Å²) in [6.45, 7) is 0. The van der Waals surface area contributed by atoms with Gasteiger partial charge in [-0.15, -0.1) is 0 Å².